The SMILES string of the molecule is CC(C)C1=NC(C(C)C)C(C(C)C)[Se]C1(C(C)C)C(C)C. The van der Waals surface area contributed by atoms with Crippen molar-refractivity contribution in [3.63, 3.8) is 0 Å². The Kier molecular flexibility index (Phi) is 6.57. The van der Waals surface area contributed by atoms with Crippen LogP contribution >= 0.6 is 0 Å². The molecule has 0 amide bonds. The van der Waals surface area contributed by atoms with Crippen molar-refractivity contribution in [1.29, 1.82) is 0 Å². The molecule has 0 aromatic heterocycles. The van der Waals surface area contributed by atoms with E-state index < -0.39 is 0 Å². The van der Waals surface area contributed by atoms with E-state index in [2.05, 4.69) is 69.2 Å². The van der Waals surface area contributed by atoms with Gasteiger partial charge in [0.2, 0.25) is 0 Å². The van der Waals surface area contributed by atoms with Crippen LogP contribution in [0.1, 0.15) is 69.2 Å². The minimum atomic E-state index is 0.349. The number of hydrogen-bond acceptors (Lipinski definition) is 1. The van der Waals surface area contributed by atoms with Gasteiger partial charge in [-0.05, 0) is 0 Å². The first-order chi connectivity index (χ1) is 9.55. The number of rotatable bonds is 5. The van der Waals surface area contributed by atoms with Gasteiger partial charge in [-0.1, -0.05) is 0 Å². The summed E-state index contributed by atoms with van der Waals surface area (Å²) in [6, 6.07) is 0.535. The zero-order valence-electron chi connectivity index (χ0n) is 15.9. The Labute approximate surface area is 139 Å². The van der Waals surface area contributed by atoms with Gasteiger partial charge in [-0.2, -0.15) is 0 Å². The predicted molar refractivity (Wildman–Crippen MR) is 97.6 cm³/mol. The van der Waals surface area contributed by atoms with Gasteiger partial charge >= 0.3 is 140 Å². The topological polar surface area (TPSA) is 12.4 Å². The zero-order chi connectivity index (χ0) is 16.5. The van der Waals surface area contributed by atoms with Crippen molar-refractivity contribution in [2.45, 2.75) is 84.4 Å². The summed E-state index contributed by atoms with van der Waals surface area (Å²) in [5, 5.41) is 0. The Balaban J connectivity index is 3.46. The Morgan fingerprint density at radius 2 is 1.29 bits per heavy atom. The molecule has 0 fully saturated rings. The quantitative estimate of drug-likeness (QED) is 0.556. The maximum absolute atomic E-state index is 5.41. The Morgan fingerprint density at radius 3 is 1.57 bits per heavy atom. The zero-order valence-corrected chi connectivity index (χ0v) is 17.6. The van der Waals surface area contributed by atoms with Crippen molar-refractivity contribution in [3.05, 3.63) is 0 Å². The van der Waals surface area contributed by atoms with E-state index in [9.17, 15) is 0 Å². The average molecular weight is 358 g/mol. The summed E-state index contributed by atoms with van der Waals surface area (Å²) in [5.41, 5.74) is 1.53. The second-order valence-corrected chi connectivity index (χ2v) is 11.4. The van der Waals surface area contributed by atoms with Crippen LogP contribution in [-0.4, -0.2) is 26.7 Å². The van der Waals surface area contributed by atoms with Crippen LogP contribution < -0.4 is 0 Å². The molecule has 0 saturated heterocycles. The maximum atomic E-state index is 5.41. The molecule has 0 saturated carbocycles. The van der Waals surface area contributed by atoms with E-state index in [1.54, 1.807) is 0 Å². The third kappa shape index (κ3) is 3.58. The first-order valence-electron chi connectivity index (χ1n) is 8.81. The van der Waals surface area contributed by atoms with Crippen molar-refractivity contribution < 1.29 is 0 Å². The van der Waals surface area contributed by atoms with Gasteiger partial charge in [-0.25, -0.2) is 0 Å². The molecular weight excluding hydrogens is 321 g/mol. The molecule has 124 valence electrons. The molecule has 2 atom stereocenters. The summed E-state index contributed by atoms with van der Waals surface area (Å²) in [5.74, 6) is 3.35. The normalized spacial score (nSPS) is 26.3. The van der Waals surface area contributed by atoms with Crippen molar-refractivity contribution in [3.8, 4) is 0 Å². The van der Waals surface area contributed by atoms with Crippen LogP contribution in [0, 0.1) is 29.6 Å². The predicted octanol–water partition coefficient (Wildman–Crippen LogP) is 5.74. The van der Waals surface area contributed by atoms with Crippen molar-refractivity contribution in [2.24, 2.45) is 34.6 Å². The van der Waals surface area contributed by atoms with E-state index in [0.29, 0.717) is 49.0 Å². The molecule has 0 aromatic rings. The van der Waals surface area contributed by atoms with Crippen LogP contribution in [0.25, 0.3) is 0 Å². The van der Waals surface area contributed by atoms with Gasteiger partial charge in [0.15, 0.2) is 0 Å². The Hall–Kier alpha value is 0.189. The molecular formula is C19H37NSe. The van der Waals surface area contributed by atoms with Crippen LogP contribution in [-0.2, 0) is 0 Å². The van der Waals surface area contributed by atoms with E-state index in [4.69, 9.17) is 4.99 Å². The van der Waals surface area contributed by atoms with E-state index in [0.717, 1.165) is 10.7 Å². The van der Waals surface area contributed by atoms with Gasteiger partial charge in [0.05, 0.1) is 0 Å². The minimum absolute atomic E-state index is 0.349. The summed E-state index contributed by atoms with van der Waals surface area (Å²) in [6.07, 6.45) is 0. The second-order valence-electron chi connectivity index (χ2n) is 8.33. The summed E-state index contributed by atoms with van der Waals surface area (Å²) < 4.78 is 0.349. The molecule has 1 aliphatic heterocycles. The standard InChI is InChI=1S/C19H37NSe/c1-11(2)16-17(12(3)4)21-19(14(7)8,15(9)10)18(20-16)13(5)6/h11-17H,1-10H3. The first kappa shape index (κ1) is 19.2. The summed E-state index contributed by atoms with van der Waals surface area (Å²) in [6.45, 7) is 23.9. The van der Waals surface area contributed by atoms with Crippen molar-refractivity contribution >= 4 is 20.7 Å². The molecule has 0 aliphatic carbocycles. The Morgan fingerprint density at radius 1 is 0.810 bits per heavy atom. The van der Waals surface area contributed by atoms with E-state index in [1.807, 2.05) is 0 Å². The third-order valence-corrected chi connectivity index (χ3v) is 10.5. The summed E-state index contributed by atoms with van der Waals surface area (Å²) in [7, 11) is 0. The number of aliphatic imine (C=N–C) groups is 1. The van der Waals surface area contributed by atoms with Gasteiger partial charge in [-0.3, -0.25) is 0 Å². The van der Waals surface area contributed by atoms with Gasteiger partial charge < -0.3 is 0 Å². The molecule has 0 aromatic carbocycles. The van der Waals surface area contributed by atoms with Gasteiger partial charge in [0.25, 0.3) is 0 Å². The van der Waals surface area contributed by atoms with Crippen molar-refractivity contribution in [2.75, 3.05) is 0 Å². The fourth-order valence-corrected chi connectivity index (χ4v) is 8.48. The molecule has 0 spiro atoms. The van der Waals surface area contributed by atoms with Crippen LogP contribution in [0.5, 0.6) is 0 Å². The molecule has 1 aliphatic rings. The summed E-state index contributed by atoms with van der Waals surface area (Å²) >= 11 is 0.625. The molecule has 0 radical (unpaired) electrons. The molecule has 0 bridgehead atoms. The molecule has 2 heteroatoms. The second kappa shape index (κ2) is 7.18. The van der Waals surface area contributed by atoms with E-state index in [1.165, 1.54) is 5.71 Å². The fourth-order valence-electron chi connectivity index (χ4n) is 3.88. The molecule has 2 unspecified atom stereocenters. The molecule has 1 rings (SSSR count). The van der Waals surface area contributed by atoms with Crippen LogP contribution in [0.3, 0.4) is 0 Å². The molecule has 1 heterocycles. The number of hydrogen-bond donors (Lipinski definition) is 0. The summed E-state index contributed by atoms with van der Waals surface area (Å²) in [4.78, 5) is 6.19. The van der Waals surface area contributed by atoms with Gasteiger partial charge in [-0.15, -0.1) is 0 Å². The van der Waals surface area contributed by atoms with Gasteiger partial charge in [0, 0.05) is 0 Å². The van der Waals surface area contributed by atoms with E-state index in [-0.39, 0.29) is 0 Å². The fraction of sp³-hybridized carbons (Fsp3) is 0.947. The van der Waals surface area contributed by atoms with Crippen LogP contribution in [0.4, 0.5) is 0 Å². The Bertz CT molecular complexity index is 358. The van der Waals surface area contributed by atoms with Crippen LogP contribution in [0.2, 0.25) is 9.13 Å². The van der Waals surface area contributed by atoms with Crippen molar-refractivity contribution in [1.82, 2.24) is 0 Å². The molecule has 21 heavy (non-hydrogen) atoms. The van der Waals surface area contributed by atoms with Gasteiger partial charge in [0.1, 0.15) is 0 Å². The van der Waals surface area contributed by atoms with Crippen LogP contribution in [0.15, 0.2) is 4.99 Å². The third-order valence-electron chi connectivity index (χ3n) is 4.96. The average Bonchev–Trinajstić information content (AvgIpc) is 2.35. The molecule has 0 N–H and O–H groups in total. The first-order valence-corrected chi connectivity index (χ1v) is 10.7. The van der Waals surface area contributed by atoms with E-state index >= 15 is 0 Å². The molecule has 1 nitrogen and oxygen atoms in total. The monoisotopic (exact) mass is 359 g/mol. The number of nitrogens with zero attached hydrogens (tertiary/aromatic N) is 1.